The summed E-state index contributed by atoms with van der Waals surface area (Å²) in [5.41, 5.74) is 6.78. The molecule has 0 unspecified atom stereocenters. The van der Waals surface area contributed by atoms with Gasteiger partial charge in [0.2, 0.25) is 0 Å². The van der Waals surface area contributed by atoms with Crippen LogP contribution in [-0.2, 0) is 13.5 Å². The van der Waals surface area contributed by atoms with E-state index in [1.54, 1.807) is 18.0 Å². The van der Waals surface area contributed by atoms with Crippen LogP contribution >= 0.6 is 23.4 Å². The first-order chi connectivity index (χ1) is 8.20. The summed E-state index contributed by atoms with van der Waals surface area (Å²) in [6.45, 7) is 0.620. The van der Waals surface area contributed by atoms with Gasteiger partial charge >= 0.3 is 0 Å². The lowest BCUT2D eigenvalue weighted by Gasteiger charge is -2.08. The third kappa shape index (κ3) is 3.03. The molecule has 0 aliphatic carbocycles. The highest BCUT2D eigenvalue weighted by Gasteiger charge is 2.07. The Morgan fingerprint density at radius 3 is 2.94 bits per heavy atom. The van der Waals surface area contributed by atoms with Crippen molar-refractivity contribution < 1.29 is 0 Å². The number of benzene rings is 1. The van der Waals surface area contributed by atoms with E-state index in [-0.39, 0.29) is 0 Å². The lowest BCUT2D eigenvalue weighted by molar-refractivity contribution is 0.789. The predicted octanol–water partition coefficient (Wildman–Crippen LogP) is 2.73. The van der Waals surface area contributed by atoms with Crippen molar-refractivity contribution in [1.82, 2.24) is 9.55 Å². The summed E-state index contributed by atoms with van der Waals surface area (Å²) in [6, 6.07) is 5.89. The van der Waals surface area contributed by atoms with Crippen LogP contribution in [0.3, 0.4) is 0 Å². The van der Waals surface area contributed by atoms with Crippen molar-refractivity contribution in [2.24, 2.45) is 12.8 Å². The van der Waals surface area contributed by atoms with Gasteiger partial charge in [-0.25, -0.2) is 4.98 Å². The van der Waals surface area contributed by atoms with Crippen molar-refractivity contribution >= 4 is 23.4 Å². The van der Waals surface area contributed by atoms with E-state index in [4.69, 9.17) is 17.3 Å². The summed E-state index contributed by atoms with van der Waals surface area (Å²) in [5.74, 6) is 0. The van der Waals surface area contributed by atoms with Gasteiger partial charge in [0.1, 0.15) is 0 Å². The molecule has 90 valence electrons. The third-order valence-electron chi connectivity index (χ3n) is 2.41. The molecule has 0 radical (unpaired) electrons. The molecule has 2 N–H and O–H groups in total. The minimum atomic E-state index is 0.620. The molecule has 0 bridgehead atoms. The Morgan fingerprint density at radius 2 is 2.29 bits per heavy atom. The van der Waals surface area contributed by atoms with E-state index >= 15 is 0 Å². The zero-order valence-corrected chi connectivity index (χ0v) is 11.1. The van der Waals surface area contributed by atoms with Crippen LogP contribution < -0.4 is 5.73 Å². The molecule has 1 heterocycles. The first-order valence-corrected chi connectivity index (χ1v) is 6.54. The Morgan fingerprint density at radius 1 is 1.47 bits per heavy atom. The van der Waals surface area contributed by atoms with Crippen molar-refractivity contribution in [1.29, 1.82) is 0 Å². The Hall–Kier alpha value is -0.970. The van der Waals surface area contributed by atoms with Gasteiger partial charge in [-0.05, 0) is 36.7 Å². The quantitative estimate of drug-likeness (QED) is 0.926. The monoisotopic (exact) mass is 267 g/mol. The molecule has 1 aromatic carbocycles. The minimum Gasteiger partial charge on any atom is -0.330 e. The molecule has 1 aromatic heterocycles. The molecule has 2 aromatic rings. The number of hydrogen-bond acceptors (Lipinski definition) is 3. The van der Waals surface area contributed by atoms with Gasteiger partial charge in [-0.2, -0.15) is 0 Å². The van der Waals surface area contributed by atoms with Crippen molar-refractivity contribution in [2.75, 3.05) is 6.54 Å². The molecule has 0 atom stereocenters. The number of nitrogens with two attached hydrogens (primary N) is 1. The molecule has 5 heteroatoms. The van der Waals surface area contributed by atoms with Crippen molar-refractivity contribution in [3.05, 3.63) is 41.2 Å². The van der Waals surface area contributed by atoms with Crippen LogP contribution in [-0.4, -0.2) is 16.1 Å². The molecular weight excluding hydrogens is 254 g/mol. The van der Waals surface area contributed by atoms with E-state index in [1.165, 1.54) is 5.56 Å². The van der Waals surface area contributed by atoms with Crippen LogP contribution in [0.4, 0.5) is 0 Å². The zero-order chi connectivity index (χ0) is 12.3. The molecule has 0 spiro atoms. The zero-order valence-electron chi connectivity index (χ0n) is 9.56. The lowest BCUT2D eigenvalue weighted by Crippen LogP contribution is -2.04. The standard InChI is InChI=1S/C12H14ClN3S/c1-16-7-6-15-12(16)17-11-3-2-10(13)8-9(11)4-5-14/h2-3,6-8H,4-5,14H2,1H3. The first-order valence-electron chi connectivity index (χ1n) is 5.34. The van der Waals surface area contributed by atoms with Crippen molar-refractivity contribution in [3.8, 4) is 0 Å². The lowest BCUT2D eigenvalue weighted by atomic mass is 10.1. The maximum absolute atomic E-state index is 5.99. The second-order valence-electron chi connectivity index (χ2n) is 3.71. The Labute approximate surface area is 110 Å². The summed E-state index contributed by atoms with van der Waals surface area (Å²) < 4.78 is 1.99. The average Bonchev–Trinajstić information content (AvgIpc) is 2.69. The van der Waals surface area contributed by atoms with Gasteiger partial charge in [-0.1, -0.05) is 23.4 Å². The largest absolute Gasteiger partial charge is 0.330 e. The van der Waals surface area contributed by atoms with Gasteiger partial charge in [-0.15, -0.1) is 0 Å². The summed E-state index contributed by atoms with van der Waals surface area (Å²) >= 11 is 7.63. The number of rotatable bonds is 4. The van der Waals surface area contributed by atoms with E-state index in [0.717, 1.165) is 21.5 Å². The van der Waals surface area contributed by atoms with E-state index in [9.17, 15) is 0 Å². The van der Waals surface area contributed by atoms with Crippen molar-refractivity contribution in [3.63, 3.8) is 0 Å². The summed E-state index contributed by atoms with van der Waals surface area (Å²) in [4.78, 5) is 5.46. The topological polar surface area (TPSA) is 43.8 Å². The van der Waals surface area contributed by atoms with Gasteiger partial charge in [0.05, 0.1) is 0 Å². The van der Waals surface area contributed by atoms with Crippen LogP contribution in [0, 0.1) is 0 Å². The van der Waals surface area contributed by atoms with Crippen LogP contribution in [0.2, 0.25) is 5.02 Å². The number of hydrogen-bond donors (Lipinski definition) is 1. The number of halogens is 1. The fraction of sp³-hybridized carbons (Fsp3) is 0.250. The predicted molar refractivity (Wildman–Crippen MR) is 71.5 cm³/mol. The smallest absolute Gasteiger partial charge is 0.172 e. The summed E-state index contributed by atoms with van der Waals surface area (Å²) in [6.07, 6.45) is 4.55. The van der Waals surface area contributed by atoms with Crippen LogP contribution in [0.1, 0.15) is 5.56 Å². The highest BCUT2D eigenvalue weighted by Crippen LogP contribution is 2.30. The molecule has 2 rings (SSSR count). The number of imidazole rings is 1. The van der Waals surface area contributed by atoms with E-state index in [1.807, 2.05) is 36.0 Å². The number of nitrogens with zero attached hydrogens (tertiary/aromatic N) is 2. The second-order valence-corrected chi connectivity index (χ2v) is 5.16. The normalized spacial score (nSPS) is 10.8. The molecule has 0 fully saturated rings. The molecule has 0 aliphatic heterocycles. The Bertz CT molecular complexity index is 510. The number of aromatic nitrogens is 2. The van der Waals surface area contributed by atoms with Crippen LogP contribution in [0.5, 0.6) is 0 Å². The fourth-order valence-electron chi connectivity index (χ4n) is 1.55. The maximum atomic E-state index is 5.99. The summed E-state index contributed by atoms with van der Waals surface area (Å²) in [7, 11) is 1.98. The molecule has 0 amide bonds. The highest BCUT2D eigenvalue weighted by atomic mass is 35.5. The SMILES string of the molecule is Cn1ccnc1Sc1ccc(Cl)cc1CCN. The number of aryl methyl sites for hydroxylation is 1. The van der Waals surface area contributed by atoms with E-state index in [0.29, 0.717) is 6.54 Å². The van der Waals surface area contributed by atoms with Gasteiger partial charge in [0.15, 0.2) is 5.16 Å². The maximum Gasteiger partial charge on any atom is 0.172 e. The molecule has 0 saturated heterocycles. The third-order valence-corrected chi connectivity index (χ3v) is 3.84. The Balaban J connectivity index is 2.29. The molecule has 3 nitrogen and oxygen atoms in total. The van der Waals surface area contributed by atoms with Gasteiger partial charge in [0, 0.05) is 29.4 Å². The average molecular weight is 268 g/mol. The van der Waals surface area contributed by atoms with Gasteiger partial charge < -0.3 is 10.3 Å². The molecular formula is C12H14ClN3S. The summed E-state index contributed by atoms with van der Waals surface area (Å²) in [5, 5.41) is 1.71. The van der Waals surface area contributed by atoms with E-state index in [2.05, 4.69) is 4.98 Å². The molecule has 0 saturated carbocycles. The Kier molecular flexibility index (Phi) is 4.10. The molecule has 17 heavy (non-hydrogen) atoms. The van der Waals surface area contributed by atoms with E-state index < -0.39 is 0 Å². The van der Waals surface area contributed by atoms with Gasteiger partial charge in [0.25, 0.3) is 0 Å². The first kappa shape index (κ1) is 12.5. The minimum absolute atomic E-state index is 0.620. The fourth-order valence-corrected chi connectivity index (χ4v) is 2.69. The highest BCUT2D eigenvalue weighted by molar-refractivity contribution is 7.99. The van der Waals surface area contributed by atoms with Gasteiger partial charge in [-0.3, -0.25) is 0 Å². The second kappa shape index (κ2) is 5.58. The van der Waals surface area contributed by atoms with Crippen LogP contribution in [0.25, 0.3) is 0 Å². The van der Waals surface area contributed by atoms with Crippen molar-refractivity contribution in [2.45, 2.75) is 16.5 Å². The molecule has 0 aliphatic rings. The van der Waals surface area contributed by atoms with Crippen LogP contribution in [0.15, 0.2) is 40.6 Å².